The number of hydrogen-bond donors (Lipinski definition) is 1. The van der Waals surface area contributed by atoms with Crippen LogP contribution in [0.5, 0.6) is 5.75 Å². The Bertz CT molecular complexity index is 1180. The van der Waals surface area contributed by atoms with Gasteiger partial charge in [-0.25, -0.2) is 13.8 Å². The summed E-state index contributed by atoms with van der Waals surface area (Å²) in [6, 6.07) is 22.4. The molecule has 0 fully saturated rings. The van der Waals surface area contributed by atoms with E-state index in [0.717, 1.165) is 15.4 Å². The maximum Gasteiger partial charge on any atom is 0.255 e. The Balaban J connectivity index is 1.71. The summed E-state index contributed by atoms with van der Waals surface area (Å²) in [4.78, 5) is 12.6. The number of halogens is 1. The summed E-state index contributed by atoms with van der Waals surface area (Å²) in [6.07, 6.45) is 1.93. The number of nitrogens with zero attached hydrogens (tertiary/aromatic N) is 2. The van der Waals surface area contributed by atoms with Gasteiger partial charge in [0.1, 0.15) is 5.75 Å². The minimum atomic E-state index is -3.92. The number of carbonyl (C=O) groups excluding carboxylic acids is 1. The highest BCUT2D eigenvalue weighted by molar-refractivity contribution is 7.89. The first-order valence-corrected chi connectivity index (χ1v) is 12.0. The average Bonchev–Trinajstić information content (AvgIpc) is 2.83. The summed E-state index contributed by atoms with van der Waals surface area (Å²) >= 11 is 5.90. The third-order valence-corrected chi connectivity index (χ3v) is 6.89. The lowest BCUT2D eigenvalue weighted by Crippen LogP contribution is -2.40. The van der Waals surface area contributed by atoms with E-state index in [1.807, 2.05) is 30.3 Å². The van der Waals surface area contributed by atoms with Crippen molar-refractivity contribution in [1.29, 1.82) is 0 Å². The third-order valence-electron chi connectivity index (χ3n) is 4.78. The Morgan fingerprint density at radius 1 is 1.03 bits per heavy atom. The van der Waals surface area contributed by atoms with Crippen molar-refractivity contribution in [2.75, 3.05) is 20.2 Å². The second-order valence-electron chi connectivity index (χ2n) is 7.09. The molecule has 0 saturated heterocycles. The van der Waals surface area contributed by atoms with Crippen molar-refractivity contribution in [1.82, 2.24) is 9.73 Å². The Kier molecular flexibility index (Phi) is 8.59. The van der Waals surface area contributed by atoms with E-state index in [1.54, 1.807) is 31.4 Å². The lowest BCUT2D eigenvalue weighted by atomic mass is 10.1. The van der Waals surface area contributed by atoms with Crippen molar-refractivity contribution in [3.8, 4) is 5.75 Å². The first-order chi connectivity index (χ1) is 15.9. The van der Waals surface area contributed by atoms with Gasteiger partial charge in [0.15, 0.2) is 0 Å². The first kappa shape index (κ1) is 24.4. The molecule has 3 aromatic rings. The van der Waals surface area contributed by atoms with Gasteiger partial charge in [0.05, 0.1) is 24.8 Å². The van der Waals surface area contributed by atoms with E-state index in [4.69, 9.17) is 16.3 Å². The standard InChI is InChI=1S/C24H24ClN3O4S/c1-32-22-11-7-20(8-12-22)17-26-27-24(29)18-28(16-15-19-5-3-2-4-6-19)33(30,31)23-13-9-21(25)10-14-23/h2-14,17H,15-16,18H2,1H3,(H,27,29)/b26-17-. The van der Waals surface area contributed by atoms with Crippen LogP contribution in [0.2, 0.25) is 5.02 Å². The van der Waals surface area contributed by atoms with Gasteiger partial charge in [-0.15, -0.1) is 0 Å². The van der Waals surface area contributed by atoms with Gasteiger partial charge in [0.2, 0.25) is 10.0 Å². The molecular weight excluding hydrogens is 462 g/mol. The van der Waals surface area contributed by atoms with E-state index in [2.05, 4.69) is 10.5 Å². The zero-order chi connectivity index (χ0) is 23.7. The molecule has 172 valence electrons. The maximum absolute atomic E-state index is 13.2. The van der Waals surface area contributed by atoms with Crippen LogP contribution in [-0.2, 0) is 21.2 Å². The van der Waals surface area contributed by atoms with Crippen LogP contribution >= 0.6 is 11.6 Å². The van der Waals surface area contributed by atoms with Gasteiger partial charge >= 0.3 is 0 Å². The zero-order valence-corrected chi connectivity index (χ0v) is 19.6. The quantitative estimate of drug-likeness (QED) is 0.350. The molecule has 0 atom stereocenters. The molecule has 7 nitrogen and oxygen atoms in total. The molecule has 0 aliphatic carbocycles. The Labute approximate surface area is 198 Å². The topological polar surface area (TPSA) is 88.1 Å². The van der Waals surface area contributed by atoms with Crippen LogP contribution in [0.25, 0.3) is 0 Å². The number of hydrogen-bond acceptors (Lipinski definition) is 5. The SMILES string of the molecule is COc1ccc(/C=N\NC(=O)CN(CCc2ccccc2)S(=O)(=O)c2ccc(Cl)cc2)cc1. The monoisotopic (exact) mass is 485 g/mol. The third kappa shape index (κ3) is 7.15. The highest BCUT2D eigenvalue weighted by Gasteiger charge is 2.26. The van der Waals surface area contributed by atoms with Crippen molar-refractivity contribution < 1.29 is 17.9 Å². The van der Waals surface area contributed by atoms with Crippen LogP contribution in [-0.4, -0.2) is 45.0 Å². The van der Waals surface area contributed by atoms with Crippen molar-refractivity contribution in [2.24, 2.45) is 5.10 Å². The number of nitrogens with one attached hydrogen (secondary N) is 1. The van der Waals surface area contributed by atoms with Crippen LogP contribution in [0.1, 0.15) is 11.1 Å². The Hall–Kier alpha value is -3.20. The van der Waals surface area contributed by atoms with Crippen LogP contribution in [0.3, 0.4) is 0 Å². The second-order valence-corrected chi connectivity index (χ2v) is 9.47. The Morgan fingerprint density at radius 2 is 1.70 bits per heavy atom. The zero-order valence-electron chi connectivity index (χ0n) is 18.0. The highest BCUT2D eigenvalue weighted by Crippen LogP contribution is 2.19. The molecule has 0 saturated carbocycles. The maximum atomic E-state index is 13.2. The summed E-state index contributed by atoms with van der Waals surface area (Å²) < 4.78 is 32.7. The number of carbonyl (C=O) groups is 1. The molecule has 0 radical (unpaired) electrons. The predicted octanol–water partition coefficient (Wildman–Crippen LogP) is 3.73. The Morgan fingerprint density at radius 3 is 2.33 bits per heavy atom. The summed E-state index contributed by atoms with van der Waals surface area (Å²) in [7, 11) is -2.35. The summed E-state index contributed by atoms with van der Waals surface area (Å²) in [5.41, 5.74) is 4.11. The van der Waals surface area contributed by atoms with Gasteiger partial charge in [-0.05, 0) is 66.1 Å². The number of benzene rings is 3. The first-order valence-electron chi connectivity index (χ1n) is 10.1. The van der Waals surface area contributed by atoms with Crippen LogP contribution in [0, 0.1) is 0 Å². The molecule has 3 rings (SSSR count). The van der Waals surface area contributed by atoms with Crippen LogP contribution in [0.15, 0.2) is 88.9 Å². The lowest BCUT2D eigenvalue weighted by molar-refractivity contribution is -0.121. The van der Waals surface area contributed by atoms with Crippen molar-refractivity contribution in [3.63, 3.8) is 0 Å². The van der Waals surface area contributed by atoms with Gasteiger partial charge in [0, 0.05) is 11.6 Å². The fraction of sp³-hybridized carbons (Fsp3) is 0.167. The van der Waals surface area contributed by atoms with Gasteiger partial charge in [-0.1, -0.05) is 41.9 Å². The molecule has 33 heavy (non-hydrogen) atoms. The molecule has 0 aromatic heterocycles. The number of methoxy groups -OCH3 is 1. The molecular formula is C24H24ClN3O4S. The predicted molar refractivity (Wildman–Crippen MR) is 129 cm³/mol. The number of amides is 1. The van der Waals surface area contributed by atoms with Gasteiger partial charge in [-0.3, -0.25) is 4.79 Å². The minimum absolute atomic E-state index is 0.0643. The van der Waals surface area contributed by atoms with Gasteiger partial charge < -0.3 is 4.74 Å². The van der Waals surface area contributed by atoms with Crippen molar-refractivity contribution in [2.45, 2.75) is 11.3 Å². The number of sulfonamides is 1. The van der Waals surface area contributed by atoms with E-state index in [-0.39, 0.29) is 18.0 Å². The van der Waals surface area contributed by atoms with E-state index >= 15 is 0 Å². The smallest absolute Gasteiger partial charge is 0.255 e. The molecule has 3 aromatic carbocycles. The fourth-order valence-electron chi connectivity index (χ4n) is 3.00. The van der Waals surface area contributed by atoms with E-state index < -0.39 is 15.9 Å². The summed E-state index contributed by atoms with van der Waals surface area (Å²) in [6.45, 7) is -0.248. The number of rotatable bonds is 10. The van der Waals surface area contributed by atoms with Gasteiger partial charge in [0.25, 0.3) is 5.91 Å². The van der Waals surface area contributed by atoms with E-state index in [1.165, 1.54) is 30.5 Å². The average molecular weight is 486 g/mol. The van der Waals surface area contributed by atoms with E-state index in [9.17, 15) is 13.2 Å². The second kappa shape index (κ2) is 11.6. The van der Waals surface area contributed by atoms with Crippen molar-refractivity contribution >= 4 is 33.7 Å². The number of ether oxygens (including phenoxy) is 1. The molecule has 9 heteroatoms. The molecule has 0 unspecified atom stereocenters. The van der Waals surface area contributed by atoms with Crippen molar-refractivity contribution in [3.05, 3.63) is 95.0 Å². The molecule has 0 aliphatic rings. The molecule has 0 heterocycles. The van der Waals surface area contributed by atoms with Gasteiger partial charge in [-0.2, -0.15) is 9.41 Å². The molecule has 0 aliphatic heterocycles. The largest absolute Gasteiger partial charge is 0.497 e. The summed E-state index contributed by atoms with van der Waals surface area (Å²) in [5, 5.41) is 4.36. The van der Waals surface area contributed by atoms with Crippen LogP contribution in [0.4, 0.5) is 0 Å². The molecule has 0 bridgehead atoms. The highest BCUT2D eigenvalue weighted by atomic mass is 35.5. The molecule has 1 N–H and O–H groups in total. The lowest BCUT2D eigenvalue weighted by Gasteiger charge is -2.21. The van der Waals surface area contributed by atoms with E-state index in [0.29, 0.717) is 17.2 Å². The molecule has 0 spiro atoms. The molecule has 1 amide bonds. The summed E-state index contributed by atoms with van der Waals surface area (Å²) in [5.74, 6) is 0.156. The normalized spacial score (nSPS) is 11.6. The minimum Gasteiger partial charge on any atom is -0.497 e. The number of hydrazone groups is 1. The van der Waals surface area contributed by atoms with Crippen LogP contribution < -0.4 is 10.2 Å². The fourth-order valence-corrected chi connectivity index (χ4v) is 4.53.